The minimum absolute atomic E-state index is 0.0868. The third kappa shape index (κ3) is 4.71. The molecule has 0 saturated carbocycles. The second-order valence-electron chi connectivity index (χ2n) is 5.24. The summed E-state index contributed by atoms with van der Waals surface area (Å²) < 4.78 is 16.5. The molecule has 0 unspecified atom stereocenters. The van der Waals surface area contributed by atoms with Crippen LogP contribution in [0.5, 0.6) is 5.75 Å². The number of amides is 1. The van der Waals surface area contributed by atoms with Crippen molar-refractivity contribution in [2.45, 2.75) is 39.4 Å². The zero-order chi connectivity index (χ0) is 15.8. The maximum absolute atomic E-state index is 12.2. The average Bonchev–Trinajstić information content (AvgIpc) is 3.05. The first-order valence-electron chi connectivity index (χ1n) is 7.97. The number of carbonyl (C=O) groups excluding carboxylic acids is 1. The van der Waals surface area contributed by atoms with E-state index in [2.05, 4.69) is 5.32 Å². The molecule has 0 aromatic heterocycles. The van der Waals surface area contributed by atoms with Gasteiger partial charge in [0.1, 0.15) is 5.75 Å². The topological polar surface area (TPSA) is 56.8 Å². The summed E-state index contributed by atoms with van der Waals surface area (Å²) in [6, 6.07) is 5.45. The molecule has 0 aliphatic carbocycles. The zero-order valence-electron chi connectivity index (χ0n) is 13.4. The predicted molar refractivity (Wildman–Crippen MR) is 84.2 cm³/mol. The molecule has 1 atom stereocenters. The van der Waals surface area contributed by atoms with Gasteiger partial charge in [-0.1, -0.05) is 0 Å². The number of nitrogens with one attached hydrogen (secondary N) is 1. The molecule has 0 bridgehead atoms. The Morgan fingerprint density at radius 3 is 2.91 bits per heavy atom. The van der Waals surface area contributed by atoms with Crippen molar-refractivity contribution in [3.05, 3.63) is 29.3 Å². The Morgan fingerprint density at radius 1 is 1.36 bits per heavy atom. The Labute approximate surface area is 131 Å². The van der Waals surface area contributed by atoms with Gasteiger partial charge in [0.2, 0.25) is 0 Å². The molecule has 1 aromatic carbocycles. The molecule has 1 aromatic rings. The van der Waals surface area contributed by atoms with E-state index in [1.54, 1.807) is 6.07 Å². The van der Waals surface area contributed by atoms with Gasteiger partial charge in [0.25, 0.3) is 5.91 Å². The minimum Gasteiger partial charge on any atom is -0.494 e. The van der Waals surface area contributed by atoms with Crippen LogP contribution >= 0.6 is 0 Å². The monoisotopic (exact) mass is 307 g/mol. The van der Waals surface area contributed by atoms with Gasteiger partial charge in [0.15, 0.2) is 0 Å². The van der Waals surface area contributed by atoms with Crippen molar-refractivity contribution in [3.8, 4) is 5.75 Å². The van der Waals surface area contributed by atoms with Gasteiger partial charge in [-0.05, 0) is 44.9 Å². The Kier molecular flexibility index (Phi) is 6.68. The molecule has 5 nitrogen and oxygen atoms in total. The zero-order valence-corrected chi connectivity index (χ0v) is 13.4. The Hall–Kier alpha value is -1.59. The molecular weight excluding hydrogens is 282 g/mol. The maximum Gasteiger partial charge on any atom is 0.251 e. The largest absolute Gasteiger partial charge is 0.494 e. The molecule has 122 valence electrons. The lowest BCUT2D eigenvalue weighted by atomic mass is 10.1. The van der Waals surface area contributed by atoms with E-state index in [1.165, 1.54) is 0 Å². The first kappa shape index (κ1) is 16.8. The van der Waals surface area contributed by atoms with E-state index >= 15 is 0 Å². The second kappa shape index (κ2) is 8.76. The lowest BCUT2D eigenvalue weighted by Gasteiger charge is -2.14. The molecule has 2 rings (SSSR count). The van der Waals surface area contributed by atoms with Gasteiger partial charge >= 0.3 is 0 Å². The molecule has 1 fully saturated rings. The smallest absolute Gasteiger partial charge is 0.251 e. The van der Waals surface area contributed by atoms with Crippen molar-refractivity contribution in [3.63, 3.8) is 0 Å². The fourth-order valence-corrected chi connectivity index (χ4v) is 2.46. The van der Waals surface area contributed by atoms with Gasteiger partial charge in [0, 0.05) is 30.9 Å². The number of rotatable bonds is 8. The first-order valence-corrected chi connectivity index (χ1v) is 7.97. The normalized spacial score (nSPS) is 17.5. The summed E-state index contributed by atoms with van der Waals surface area (Å²) in [4.78, 5) is 12.2. The van der Waals surface area contributed by atoms with Crippen LogP contribution in [0.4, 0.5) is 0 Å². The van der Waals surface area contributed by atoms with Crippen LogP contribution in [0.25, 0.3) is 0 Å². The molecule has 1 amide bonds. The van der Waals surface area contributed by atoms with Gasteiger partial charge in [-0.2, -0.15) is 0 Å². The number of ether oxygens (including phenoxy) is 3. The number of benzene rings is 1. The highest BCUT2D eigenvalue weighted by atomic mass is 16.5. The first-order chi connectivity index (χ1) is 10.7. The Bertz CT molecular complexity index is 484. The standard InChI is InChI=1S/C17H25NO4/c1-3-20-12-14-10-13(7-8-16(14)21-4-2)17(19)18-11-15-6-5-9-22-15/h7-8,10,15H,3-6,9,11-12H2,1-2H3,(H,18,19)/t15-/m1/s1. The van der Waals surface area contributed by atoms with Gasteiger partial charge in [-0.3, -0.25) is 4.79 Å². The summed E-state index contributed by atoms with van der Waals surface area (Å²) in [7, 11) is 0. The molecule has 1 saturated heterocycles. The number of carbonyl (C=O) groups is 1. The lowest BCUT2D eigenvalue weighted by molar-refractivity contribution is 0.0857. The molecule has 0 radical (unpaired) electrons. The van der Waals surface area contributed by atoms with E-state index in [1.807, 2.05) is 26.0 Å². The molecule has 1 aliphatic heterocycles. The van der Waals surface area contributed by atoms with E-state index in [0.29, 0.717) is 31.9 Å². The molecular formula is C17H25NO4. The summed E-state index contributed by atoms with van der Waals surface area (Å²) in [5.74, 6) is 0.683. The molecule has 0 spiro atoms. The summed E-state index contributed by atoms with van der Waals surface area (Å²) in [5.41, 5.74) is 1.52. The highest BCUT2D eigenvalue weighted by molar-refractivity contribution is 5.94. The van der Waals surface area contributed by atoms with E-state index in [-0.39, 0.29) is 12.0 Å². The number of hydrogen-bond acceptors (Lipinski definition) is 4. The molecule has 1 N–H and O–H groups in total. The SMILES string of the molecule is CCOCc1cc(C(=O)NC[C@H]2CCCO2)ccc1OCC. The summed E-state index contributed by atoms with van der Waals surface area (Å²) >= 11 is 0. The van der Waals surface area contributed by atoms with Crippen molar-refractivity contribution in [1.29, 1.82) is 0 Å². The summed E-state index contributed by atoms with van der Waals surface area (Å²) in [6.45, 7) is 6.89. The third-order valence-corrected chi connectivity index (χ3v) is 3.60. The van der Waals surface area contributed by atoms with Crippen LogP contribution in [-0.2, 0) is 16.1 Å². The quantitative estimate of drug-likeness (QED) is 0.802. The van der Waals surface area contributed by atoms with Crippen LogP contribution in [0, 0.1) is 0 Å². The predicted octanol–water partition coefficient (Wildman–Crippen LogP) is 2.53. The van der Waals surface area contributed by atoms with Gasteiger partial charge in [0.05, 0.1) is 19.3 Å². The van der Waals surface area contributed by atoms with Crippen LogP contribution in [0.3, 0.4) is 0 Å². The Balaban J connectivity index is 2.00. The summed E-state index contributed by atoms with van der Waals surface area (Å²) in [6.07, 6.45) is 2.23. The highest BCUT2D eigenvalue weighted by Gasteiger charge is 2.17. The van der Waals surface area contributed by atoms with Crippen molar-refractivity contribution in [1.82, 2.24) is 5.32 Å². The van der Waals surface area contributed by atoms with Crippen LogP contribution in [0.2, 0.25) is 0 Å². The Morgan fingerprint density at radius 2 is 2.23 bits per heavy atom. The minimum atomic E-state index is -0.0868. The van der Waals surface area contributed by atoms with Gasteiger partial charge < -0.3 is 19.5 Å². The molecule has 1 heterocycles. The van der Waals surface area contributed by atoms with Crippen molar-refractivity contribution in [2.75, 3.05) is 26.4 Å². The molecule has 5 heteroatoms. The van der Waals surface area contributed by atoms with Crippen molar-refractivity contribution in [2.24, 2.45) is 0 Å². The molecule has 1 aliphatic rings. The fourth-order valence-electron chi connectivity index (χ4n) is 2.46. The highest BCUT2D eigenvalue weighted by Crippen LogP contribution is 2.21. The fraction of sp³-hybridized carbons (Fsp3) is 0.588. The van der Waals surface area contributed by atoms with Crippen LogP contribution < -0.4 is 10.1 Å². The third-order valence-electron chi connectivity index (χ3n) is 3.60. The van der Waals surface area contributed by atoms with Crippen LogP contribution in [-0.4, -0.2) is 38.4 Å². The lowest BCUT2D eigenvalue weighted by Crippen LogP contribution is -2.31. The van der Waals surface area contributed by atoms with Crippen molar-refractivity contribution >= 4 is 5.91 Å². The number of hydrogen-bond donors (Lipinski definition) is 1. The summed E-state index contributed by atoms with van der Waals surface area (Å²) in [5, 5.41) is 2.93. The van der Waals surface area contributed by atoms with E-state index in [4.69, 9.17) is 14.2 Å². The second-order valence-corrected chi connectivity index (χ2v) is 5.24. The van der Waals surface area contributed by atoms with Crippen LogP contribution in [0.15, 0.2) is 18.2 Å². The maximum atomic E-state index is 12.2. The van der Waals surface area contributed by atoms with E-state index in [9.17, 15) is 4.79 Å². The van der Waals surface area contributed by atoms with Gasteiger partial charge in [-0.25, -0.2) is 0 Å². The molecule has 22 heavy (non-hydrogen) atoms. The van der Waals surface area contributed by atoms with Crippen LogP contribution in [0.1, 0.15) is 42.6 Å². The van der Waals surface area contributed by atoms with Crippen molar-refractivity contribution < 1.29 is 19.0 Å². The van der Waals surface area contributed by atoms with Gasteiger partial charge in [-0.15, -0.1) is 0 Å². The van der Waals surface area contributed by atoms with E-state index in [0.717, 1.165) is 30.8 Å². The average molecular weight is 307 g/mol. The van der Waals surface area contributed by atoms with E-state index < -0.39 is 0 Å².